The Morgan fingerprint density at radius 1 is 1.20 bits per heavy atom. The summed E-state index contributed by atoms with van der Waals surface area (Å²) < 4.78 is 63.2. The molecule has 2 aromatic rings. The molecule has 0 atom stereocenters. The number of hydrogen-bond acceptors (Lipinski definition) is 3. The van der Waals surface area contributed by atoms with E-state index in [0.29, 0.717) is 0 Å². The van der Waals surface area contributed by atoms with Crippen LogP contribution in [0.1, 0.15) is 17.8 Å². The maximum atomic E-state index is 12.9. The maximum absolute atomic E-state index is 12.9. The first kappa shape index (κ1) is 14.2. The summed E-state index contributed by atoms with van der Waals surface area (Å²) >= 11 is 0. The summed E-state index contributed by atoms with van der Waals surface area (Å²) in [6, 6.07) is 1.82. The van der Waals surface area contributed by atoms with E-state index in [2.05, 4.69) is 9.97 Å². The number of nitrogens with zero attached hydrogens (tertiary/aromatic N) is 4. The summed E-state index contributed by atoms with van der Waals surface area (Å²) in [6.45, 7) is 0. The van der Waals surface area contributed by atoms with Gasteiger partial charge in [-0.15, -0.1) is 0 Å². The lowest BCUT2D eigenvalue weighted by Crippen LogP contribution is -2.36. The highest BCUT2D eigenvalue weighted by Gasteiger charge is 2.56. The minimum Gasteiger partial charge on any atom is -0.288 e. The normalized spacial score (nSPS) is 12.6. The summed E-state index contributed by atoms with van der Waals surface area (Å²) in [5.41, 5.74) is 0.228. The van der Waals surface area contributed by atoms with Gasteiger partial charge in [0.05, 0.1) is 11.9 Å². The fraction of sp³-hybridized carbons (Fsp3) is 0.364. The van der Waals surface area contributed by atoms with Gasteiger partial charge in [0, 0.05) is 18.8 Å². The van der Waals surface area contributed by atoms with Gasteiger partial charge in [-0.05, 0) is 6.42 Å². The quantitative estimate of drug-likeness (QED) is 0.817. The van der Waals surface area contributed by atoms with Gasteiger partial charge in [-0.2, -0.15) is 27.2 Å². The molecule has 20 heavy (non-hydrogen) atoms. The average Bonchev–Trinajstić information content (AvgIpc) is 2.78. The van der Waals surface area contributed by atoms with Crippen LogP contribution in [0, 0.1) is 11.3 Å². The molecule has 0 radical (unpaired) electrons. The molecular weight excluding hydrogens is 283 g/mol. The Morgan fingerprint density at radius 2 is 1.90 bits per heavy atom. The van der Waals surface area contributed by atoms with Gasteiger partial charge in [0.1, 0.15) is 11.8 Å². The molecule has 0 bridgehead atoms. The summed E-state index contributed by atoms with van der Waals surface area (Å²) in [5.74, 6) is -4.79. The van der Waals surface area contributed by atoms with Gasteiger partial charge in [-0.25, -0.2) is 4.98 Å². The molecule has 0 saturated carbocycles. The van der Waals surface area contributed by atoms with Crippen molar-refractivity contribution >= 4 is 5.65 Å². The minimum absolute atomic E-state index is 0.0158. The van der Waals surface area contributed by atoms with E-state index < -0.39 is 24.9 Å². The van der Waals surface area contributed by atoms with Crippen LogP contribution in [0.4, 0.5) is 22.0 Å². The Hall–Kier alpha value is -2.24. The largest absolute Gasteiger partial charge is 0.453 e. The van der Waals surface area contributed by atoms with Gasteiger partial charge in [-0.1, -0.05) is 0 Å². The molecule has 0 unspecified atom stereocenters. The van der Waals surface area contributed by atoms with Crippen molar-refractivity contribution in [2.24, 2.45) is 0 Å². The Bertz CT molecular complexity index is 667. The SMILES string of the molecule is N#Cc1cnc2c(CCC(F)(F)C(F)(F)F)nccn12. The third-order valence-corrected chi connectivity index (χ3v) is 2.71. The van der Waals surface area contributed by atoms with Crippen LogP contribution >= 0.6 is 0 Å². The smallest absolute Gasteiger partial charge is 0.288 e. The van der Waals surface area contributed by atoms with Crippen molar-refractivity contribution in [1.29, 1.82) is 5.26 Å². The third-order valence-electron chi connectivity index (χ3n) is 2.71. The zero-order chi connectivity index (χ0) is 15.0. The molecule has 0 saturated heterocycles. The number of hydrogen-bond donors (Lipinski definition) is 0. The molecule has 0 N–H and O–H groups in total. The molecule has 0 aliphatic carbocycles. The zero-order valence-corrected chi connectivity index (χ0v) is 9.82. The number of aromatic nitrogens is 3. The molecule has 106 valence electrons. The molecule has 0 aliphatic heterocycles. The molecule has 0 aliphatic rings. The third kappa shape index (κ3) is 2.41. The fourth-order valence-electron chi connectivity index (χ4n) is 1.65. The number of imidazole rings is 1. The van der Waals surface area contributed by atoms with Crippen LogP contribution in [0.25, 0.3) is 5.65 Å². The topological polar surface area (TPSA) is 54.0 Å². The Morgan fingerprint density at radius 3 is 2.50 bits per heavy atom. The lowest BCUT2D eigenvalue weighted by atomic mass is 10.1. The number of halogens is 5. The van der Waals surface area contributed by atoms with E-state index in [1.165, 1.54) is 23.0 Å². The van der Waals surface area contributed by atoms with Gasteiger partial charge in [0.2, 0.25) is 0 Å². The van der Waals surface area contributed by atoms with Gasteiger partial charge >= 0.3 is 12.1 Å². The first-order valence-corrected chi connectivity index (χ1v) is 5.42. The first-order chi connectivity index (χ1) is 9.26. The highest BCUT2D eigenvalue weighted by molar-refractivity contribution is 5.47. The second-order valence-electron chi connectivity index (χ2n) is 4.02. The Kier molecular flexibility index (Phi) is 3.33. The molecule has 0 fully saturated rings. The molecule has 0 amide bonds. The number of nitriles is 1. The number of alkyl halides is 5. The zero-order valence-electron chi connectivity index (χ0n) is 9.82. The number of aryl methyl sites for hydroxylation is 1. The molecule has 2 aromatic heterocycles. The van der Waals surface area contributed by atoms with Crippen LogP contribution in [-0.2, 0) is 6.42 Å². The van der Waals surface area contributed by atoms with Crippen LogP contribution in [0.2, 0.25) is 0 Å². The lowest BCUT2D eigenvalue weighted by Gasteiger charge is -2.19. The van der Waals surface area contributed by atoms with Crippen LogP contribution < -0.4 is 0 Å². The predicted molar refractivity (Wildman–Crippen MR) is 57.0 cm³/mol. The van der Waals surface area contributed by atoms with E-state index in [1.807, 2.05) is 6.07 Å². The van der Waals surface area contributed by atoms with E-state index in [0.717, 1.165) is 0 Å². The summed E-state index contributed by atoms with van der Waals surface area (Å²) in [6.07, 6.45) is -3.81. The summed E-state index contributed by atoms with van der Waals surface area (Å²) in [7, 11) is 0. The molecule has 2 heterocycles. The van der Waals surface area contributed by atoms with Crippen molar-refractivity contribution < 1.29 is 22.0 Å². The molecule has 0 spiro atoms. The van der Waals surface area contributed by atoms with Crippen molar-refractivity contribution in [3.05, 3.63) is 30.0 Å². The van der Waals surface area contributed by atoms with Crippen molar-refractivity contribution in [2.45, 2.75) is 24.9 Å². The molecule has 2 rings (SSSR count). The van der Waals surface area contributed by atoms with E-state index in [1.54, 1.807) is 0 Å². The second kappa shape index (κ2) is 4.70. The number of rotatable bonds is 3. The standard InChI is InChI=1S/C11H7F5N4/c12-10(13,11(14,15)16)2-1-8-9-19-6-7(5-17)20(9)4-3-18-8/h3-4,6H,1-2H2. The van der Waals surface area contributed by atoms with Crippen molar-refractivity contribution in [3.8, 4) is 6.07 Å². The van der Waals surface area contributed by atoms with Gasteiger partial charge in [0.25, 0.3) is 0 Å². The minimum atomic E-state index is -5.59. The van der Waals surface area contributed by atoms with E-state index in [4.69, 9.17) is 5.26 Å². The monoisotopic (exact) mass is 290 g/mol. The van der Waals surface area contributed by atoms with E-state index in [9.17, 15) is 22.0 Å². The van der Waals surface area contributed by atoms with Crippen LogP contribution in [-0.4, -0.2) is 26.5 Å². The van der Waals surface area contributed by atoms with Gasteiger partial charge < -0.3 is 0 Å². The lowest BCUT2D eigenvalue weighted by molar-refractivity contribution is -0.284. The van der Waals surface area contributed by atoms with Crippen LogP contribution in [0.15, 0.2) is 18.6 Å². The Balaban J connectivity index is 2.28. The molecule has 4 nitrogen and oxygen atoms in total. The highest BCUT2D eigenvalue weighted by Crippen LogP contribution is 2.38. The molecule has 0 aromatic carbocycles. The van der Waals surface area contributed by atoms with Crippen molar-refractivity contribution in [1.82, 2.24) is 14.4 Å². The Labute approximate surface area is 109 Å². The fourth-order valence-corrected chi connectivity index (χ4v) is 1.65. The molecule has 9 heteroatoms. The number of fused-ring (bicyclic) bond motifs is 1. The summed E-state index contributed by atoms with van der Waals surface area (Å²) in [4.78, 5) is 7.55. The highest BCUT2D eigenvalue weighted by atomic mass is 19.4. The average molecular weight is 290 g/mol. The van der Waals surface area contributed by atoms with E-state index in [-0.39, 0.29) is 17.0 Å². The summed E-state index contributed by atoms with van der Waals surface area (Å²) in [5, 5.41) is 8.78. The first-order valence-electron chi connectivity index (χ1n) is 5.42. The van der Waals surface area contributed by atoms with Gasteiger partial charge in [-0.3, -0.25) is 9.38 Å². The van der Waals surface area contributed by atoms with Crippen LogP contribution in [0.3, 0.4) is 0 Å². The van der Waals surface area contributed by atoms with Crippen LogP contribution in [0.5, 0.6) is 0 Å². The maximum Gasteiger partial charge on any atom is 0.453 e. The molecular formula is C11H7F5N4. The van der Waals surface area contributed by atoms with Gasteiger partial charge in [0.15, 0.2) is 5.65 Å². The van der Waals surface area contributed by atoms with Crippen molar-refractivity contribution in [2.75, 3.05) is 0 Å². The predicted octanol–water partition coefficient (Wildman–Crippen LogP) is 2.73. The van der Waals surface area contributed by atoms with Crippen molar-refractivity contribution in [3.63, 3.8) is 0 Å². The second-order valence-corrected chi connectivity index (χ2v) is 4.02. The van der Waals surface area contributed by atoms with E-state index >= 15 is 0 Å².